The molecule has 3 heteroatoms. The van der Waals surface area contributed by atoms with Gasteiger partial charge in [0.15, 0.2) is 0 Å². The second-order valence-corrected chi connectivity index (χ2v) is 4.36. The molecule has 88 valence electrons. The Morgan fingerprint density at radius 3 is 2.73 bits per heavy atom. The van der Waals surface area contributed by atoms with Crippen LogP contribution in [0.1, 0.15) is 33.6 Å². The lowest BCUT2D eigenvalue weighted by Crippen LogP contribution is -2.42. The summed E-state index contributed by atoms with van der Waals surface area (Å²) in [5.41, 5.74) is 7.39. The normalized spacial score (nSPS) is 20.7. The van der Waals surface area contributed by atoms with E-state index in [0.717, 1.165) is 19.4 Å². The maximum atomic E-state index is 6.21. The van der Waals surface area contributed by atoms with Gasteiger partial charge in [0.2, 0.25) is 0 Å². The minimum absolute atomic E-state index is 0.0229. The molecule has 0 fully saturated rings. The van der Waals surface area contributed by atoms with Crippen molar-refractivity contribution in [2.45, 2.75) is 45.8 Å². The topological polar surface area (TPSA) is 44.5 Å². The fourth-order valence-corrected chi connectivity index (χ4v) is 1.94. The zero-order chi connectivity index (χ0) is 11.3. The molecule has 0 amide bonds. The van der Waals surface area contributed by atoms with Gasteiger partial charge in [0.05, 0.1) is 25.0 Å². The molecule has 0 aromatic heterocycles. The van der Waals surface area contributed by atoms with Gasteiger partial charge in [-0.2, -0.15) is 0 Å². The summed E-state index contributed by atoms with van der Waals surface area (Å²) in [5.74, 6) is 0.433. The van der Waals surface area contributed by atoms with E-state index in [1.165, 1.54) is 5.57 Å². The van der Waals surface area contributed by atoms with Crippen molar-refractivity contribution in [1.82, 2.24) is 0 Å². The number of hydrogen-bond acceptors (Lipinski definition) is 3. The highest BCUT2D eigenvalue weighted by Crippen LogP contribution is 2.21. The van der Waals surface area contributed by atoms with Crippen molar-refractivity contribution in [3.8, 4) is 0 Å². The Balaban J connectivity index is 2.61. The molecular weight excluding hydrogens is 190 g/mol. The van der Waals surface area contributed by atoms with E-state index < -0.39 is 0 Å². The van der Waals surface area contributed by atoms with Gasteiger partial charge < -0.3 is 15.2 Å². The molecule has 0 saturated carbocycles. The second kappa shape index (κ2) is 6.13. The van der Waals surface area contributed by atoms with Gasteiger partial charge in [-0.05, 0) is 31.3 Å². The van der Waals surface area contributed by atoms with E-state index >= 15 is 0 Å². The fraction of sp³-hybridized carbons (Fsp3) is 0.833. The van der Waals surface area contributed by atoms with Gasteiger partial charge in [-0.15, -0.1) is 0 Å². The van der Waals surface area contributed by atoms with Crippen LogP contribution < -0.4 is 5.73 Å². The standard InChI is InChI=1S/C12H23NO2/c1-4-15-12(9(2)3)11(13)10-6-5-7-14-8-10/h8-9,11-12H,4-7,13H2,1-3H3. The number of hydrogen-bond donors (Lipinski definition) is 1. The third kappa shape index (κ3) is 3.50. The summed E-state index contributed by atoms with van der Waals surface area (Å²) in [7, 11) is 0. The van der Waals surface area contributed by atoms with Crippen LogP contribution in [0, 0.1) is 5.92 Å². The number of nitrogens with two attached hydrogens (primary N) is 1. The summed E-state index contributed by atoms with van der Waals surface area (Å²) in [4.78, 5) is 0. The Morgan fingerprint density at radius 1 is 1.53 bits per heavy atom. The summed E-state index contributed by atoms with van der Waals surface area (Å²) in [6, 6.07) is -0.0229. The summed E-state index contributed by atoms with van der Waals surface area (Å²) >= 11 is 0. The minimum atomic E-state index is -0.0229. The summed E-state index contributed by atoms with van der Waals surface area (Å²) in [6.45, 7) is 7.82. The molecular formula is C12H23NO2. The highest BCUT2D eigenvalue weighted by Gasteiger charge is 2.25. The minimum Gasteiger partial charge on any atom is -0.501 e. The zero-order valence-electron chi connectivity index (χ0n) is 10.0. The van der Waals surface area contributed by atoms with E-state index in [1.807, 2.05) is 13.2 Å². The quantitative estimate of drug-likeness (QED) is 0.760. The molecule has 3 nitrogen and oxygen atoms in total. The first-order valence-electron chi connectivity index (χ1n) is 5.84. The molecule has 1 aliphatic heterocycles. The average Bonchev–Trinajstić information content (AvgIpc) is 2.26. The van der Waals surface area contributed by atoms with Crippen LogP contribution in [0.2, 0.25) is 0 Å². The highest BCUT2D eigenvalue weighted by atomic mass is 16.5. The Bertz CT molecular complexity index is 214. The Kier molecular flexibility index (Phi) is 5.12. The maximum absolute atomic E-state index is 6.21. The molecule has 1 rings (SSSR count). The van der Waals surface area contributed by atoms with Crippen LogP contribution >= 0.6 is 0 Å². The van der Waals surface area contributed by atoms with E-state index in [1.54, 1.807) is 0 Å². The van der Waals surface area contributed by atoms with Gasteiger partial charge in [-0.1, -0.05) is 13.8 Å². The molecule has 2 atom stereocenters. The van der Waals surface area contributed by atoms with E-state index in [4.69, 9.17) is 15.2 Å². The molecule has 2 N–H and O–H groups in total. The molecule has 0 saturated heterocycles. The van der Waals surface area contributed by atoms with Crippen LogP contribution in [-0.2, 0) is 9.47 Å². The number of ether oxygens (including phenoxy) is 2. The van der Waals surface area contributed by atoms with E-state index in [0.29, 0.717) is 12.5 Å². The third-order valence-corrected chi connectivity index (χ3v) is 2.76. The van der Waals surface area contributed by atoms with Crippen molar-refractivity contribution in [3.63, 3.8) is 0 Å². The van der Waals surface area contributed by atoms with Gasteiger partial charge in [-0.25, -0.2) is 0 Å². The predicted molar refractivity (Wildman–Crippen MR) is 61.5 cm³/mol. The van der Waals surface area contributed by atoms with Crippen molar-refractivity contribution < 1.29 is 9.47 Å². The van der Waals surface area contributed by atoms with Crippen molar-refractivity contribution in [1.29, 1.82) is 0 Å². The van der Waals surface area contributed by atoms with E-state index in [9.17, 15) is 0 Å². The van der Waals surface area contributed by atoms with Crippen molar-refractivity contribution in [3.05, 3.63) is 11.8 Å². The van der Waals surface area contributed by atoms with Crippen LogP contribution in [-0.4, -0.2) is 25.4 Å². The molecule has 1 aliphatic rings. The molecule has 15 heavy (non-hydrogen) atoms. The van der Waals surface area contributed by atoms with Gasteiger partial charge in [0.1, 0.15) is 0 Å². The van der Waals surface area contributed by atoms with E-state index in [-0.39, 0.29) is 12.1 Å². The Morgan fingerprint density at radius 2 is 2.27 bits per heavy atom. The predicted octanol–water partition coefficient (Wildman–Crippen LogP) is 2.07. The Labute approximate surface area is 92.6 Å². The smallest absolute Gasteiger partial charge is 0.0876 e. The molecule has 2 unspecified atom stereocenters. The average molecular weight is 213 g/mol. The molecule has 1 heterocycles. The van der Waals surface area contributed by atoms with Crippen LogP contribution in [0.4, 0.5) is 0 Å². The lowest BCUT2D eigenvalue weighted by Gasteiger charge is -2.30. The van der Waals surface area contributed by atoms with Crippen LogP contribution in [0.3, 0.4) is 0 Å². The second-order valence-electron chi connectivity index (χ2n) is 4.36. The molecule has 0 aliphatic carbocycles. The first-order chi connectivity index (χ1) is 7.16. The van der Waals surface area contributed by atoms with Crippen LogP contribution in [0.25, 0.3) is 0 Å². The molecule has 0 spiro atoms. The highest BCUT2D eigenvalue weighted by molar-refractivity contribution is 5.12. The summed E-state index contributed by atoms with van der Waals surface area (Å²) in [6.07, 6.45) is 4.03. The van der Waals surface area contributed by atoms with Gasteiger partial charge in [0, 0.05) is 6.61 Å². The fourth-order valence-electron chi connectivity index (χ4n) is 1.94. The maximum Gasteiger partial charge on any atom is 0.0876 e. The van der Waals surface area contributed by atoms with Crippen molar-refractivity contribution in [2.75, 3.05) is 13.2 Å². The molecule has 0 aromatic carbocycles. The lowest BCUT2D eigenvalue weighted by atomic mass is 9.92. The SMILES string of the molecule is CCOC(C(C)C)C(N)C1=COCCC1. The third-order valence-electron chi connectivity index (χ3n) is 2.76. The first-order valence-corrected chi connectivity index (χ1v) is 5.84. The lowest BCUT2D eigenvalue weighted by molar-refractivity contribution is 0.0178. The van der Waals surface area contributed by atoms with Crippen LogP contribution in [0.15, 0.2) is 11.8 Å². The number of rotatable bonds is 5. The largest absolute Gasteiger partial charge is 0.501 e. The summed E-state index contributed by atoms with van der Waals surface area (Å²) < 4.78 is 11.0. The van der Waals surface area contributed by atoms with Gasteiger partial charge >= 0.3 is 0 Å². The molecule has 0 aromatic rings. The van der Waals surface area contributed by atoms with Gasteiger partial charge in [-0.3, -0.25) is 0 Å². The van der Waals surface area contributed by atoms with Crippen molar-refractivity contribution in [2.24, 2.45) is 11.7 Å². The molecule has 0 bridgehead atoms. The monoisotopic (exact) mass is 213 g/mol. The van der Waals surface area contributed by atoms with Gasteiger partial charge in [0.25, 0.3) is 0 Å². The molecule has 0 radical (unpaired) electrons. The Hall–Kier alpha value is -0.540. The van der Waals surface area contributed by atoms with Crippen molar-refractivity contribution >= 4 is 0 Å². The van der Waals surface area contributed by atoms with E-state index in [2.05, 4.69) is 13.8 Å². The summed E-state index contributed by atoms with van der Waals surface area (Å²) in [5, 5.41) is 0. The van der Waals surface area contributed by atoms with Crippen LogP contribution in [0.5, 0.6) is 0 Å². The first kappa shape index (κ1) is 12.5. The zero-order valence-corrected chi connectivity index (χ0v) is 10.0.